The molecule has 25 heavy (non-hydrogen) atoms. The molecule has 0 saturated carbocycles. The van der Waals surface area contributed by atoms with E-state index in [0.29, 0.717) is 12.2 Å². The molecule has 2 aromatic carbocycles. The first kappa shape index (κ1) is 17.1. The predicted octanol–water partition coefficient (Wildman–Crippen LogP) is 4.21. The summed E-state index contributed by atoms with van der Waals surface area (Å²) in [6.07, 6.45) is 1.75. The number of benzene rings is 2. The van der Waals surface area contributed by atoms with Crippen LogP contribution in [0.5, 0.6) is 11.5 Å². The molecule has 0 aliphatic carbocycles. The van der Waals surface area contributed by atoms with Crippen LogP contribution in [0.15, 0.2) is 42.5 Å². The predicted molar refractivity (Wildman–Crippen MR) is 93.6 cm³/mol. The van der Waals surface area contributed by atoms with E-state index in [4.69, 9.17) is 9.47 Å². The molecule has 1 aliphatic heterocycles. The Balaban J connectivity index is 1.82. The SMILES string of the molecule is COc1ccc(OC)c(C2CCCN2C(=O)Nc2ccc(F)cc2)c1. The fraction of sp³-hybridized carbons (Fsp3) is 0.316. The molecular formula is C19H21FN2O3. The molecule has 2 aromatic rings. The minimum atomic E-state index is -0.335. The molecule has 3 rings (SSSR count). The molecule has 2 amide bonds. The molecule has 1 saturated heterocycles. The molecule has 1 N–H and O–H groups in total. The van der Waals surface area contributed by atoms with E-state index in [9.17, 15) is 9.18 Å². The number of likely N-dealkylation sites (tertiary alicyclic amines) is 1. The van der Waals surface area contributed by atoms with Crippen molar-refractivity contribution in [3.05, 3.63) is 53.8 Å². The quantitative estimate of drug-likeness (QED) is 0.904. The molecule has 1 fully saturated rings. The number of hydrogen-bond acceptors (Lipinski definition) is 3. The Morgan fingerprint density at radius 2 is 1.92 bits per heavy atom. The molecule has 6 heteroatoms. The van der Waals surface area contributed by atoms with Gasteiger partial charge in [0.1, 0.15) is 17.3 Å². The number of carbonyl (C=O) groups excluding carboxylic acids is 1. The molecule has 1 aliphatic rings. The summed E-state index contributed by atoms with van der Waals surface area (Å²) in [5.41, 5.74) is 1.49. The Bertz CT molecular complexity index is 749. The Hall–Kier alpha value is -2.76. The fourth-order valence-electron chi connectivity index (χ4n) is 3.16. The van der Waals surface area contributed by atoms with Crippen LogP contribution in [0.4, 0.5) is 14.9 Å². The van der Waals surface area contributed by atoms with Crippen molar-refractivity contribution in [1.82, 2.24) is 4.90 Å². The monoisotopic (exact) mass is 344 g/mol. The molecule has 0 radical (unpaired) electrons. The van der Waals surface area contributed by atoms with Gasteiger partial charge in [0.2, 0.25) is 0 Å². The maximum atomic E-state index is 13.0. The van der Waals surface area contributed by atoms with Crippen LogP contribution in [-0.2, 0) is 0 Å². The number of amides is 2. The maximum Gasteiger partial charge on any atom is 0.322 e. The minimum absolute atomic E-state index is 0.0921. The Morgan fingerprint density at radius 3 is 2.60 bits per heavy atom. The molecule has 0 spiro atoms. The number of carbonyl (C=O) groups is 1. The second kappa shape index (κ2) is 7.42. The van der Waals surface area contributed by atoms with Gasteiger partial charge in [-0.25, -0.2) is 9.18 Å². The van der Waals surface area contributed by atoms with Gasteiger partial charge in [0.25, 0.3) is 0 Å². The number of methoxy groups -OCH3 is 2. The number of ether oxygens (including phenoxy) is 2. The van der Waals surface area contributed by atoms with Crippen molar-refractivity contribution in [2.24, 2.45) is 0 Å². The lowest BCUT2D eigenvalue weighted by molar-refractivity contribution is 0.206. The third-order valence-electron chi connectivity index (χ3n) is 4.41. The smallest absolute Gasteiger partial charge is 0.322 e. The zero-order chi connectivity index (χ0) is 17.8. The van der Waals surface area contributed by atoms with Gasteiger partial charge in [0.05, 0.1) is 20.3 Å². The number of anilines is 1. The first-order valence-electron chi connectivity index (χ1n) is 8.17. The van der Waals surface area contributed by atoms with Crippen LogP contribution in [-0.4, -0.2) is 31.7 Å². The molecule has 1 unspecified atom stereocenters. The number of urea groups is 1. The summed E-state index contributed by atoms with van der Waals surface area (Å²) in [7, 11) is 3.22. The average Bonchev–Trinajstić information content (AvgIpc) is 3.12. The first-order chi connectivity index (χ1) is 12.1. The van der Waals surface area contributed by atoms with E-state index >= 15 is 0 Å². The van der Waals surface area contributed by atoms with Crippen molar-refractivity contribution in [3.8, 4) is 11.5 Å². The van der Waals surface area contributed by atoms with Crippen LogP contribution in [0.1, 0.15) is 24.4 Å². The van der Waals surface area contributed by atoms with Crippen molar-refractivity contribution in [1.29, 1.82) is 0 Å². The molecule has 0 aromatic heterocycles. The van der Waals surface area contributed by atoms with Gasteiger partial charge in [-0.15, -0.1) is 0 Å². The Labute approximate surface area is 146 Å². The normalized spacial score (nSPS) is 16.6. The number of nitrogens with zero attached hydrogens (tertiary/aromatic N) is 1. The molecule has 0 bridgehead atoms. The van der Waals surface area contributed by atoms with Gasteiger partial charge < -0.3 is 19.7 Å². The zero-order valence-electron chi connectivity index (χ0n) is 14.3. The van der Waals surface area contributed by atoms with E-state index in [1.54, 1.807) is 31.3 Å². The zero-order valence-corrected chi connectivity index (χ0v) is 14.3. The lowest BCUT2D eigenvalue weighted by Crippen LogP contribution is -2.34. The first-order valence-corrected chi connectivity index (χ1v) is 8.17. The lowest BCUT2D eigenvalue weighted by atomic mass is 10.0. The minimum Gasteiger partial charge on any atom is -0.497 e. The maximum absolute atomic E-state index is 13.0. The summed E-state index contributed by atoms with van der Waals surface area (Å²) in [5.74, 6) is 1.12. The van der Waals surface area contributed by atoms with E-state index in [-0.39, 0.29) is 17.9 Å². The highest BCUT2D eigenvalue weighted by atomic mass is 19.1. The number of hydrogen-bond donors (Lipinski definition) is 1. The third kappa shape index (κ3) is 3.68. The van der Waals surface area contributed by atoms with Gasteiger partial charge in [-0.1, -0.05) is 0 Å². The van der Waals surface area contributed by atoms with E-state index in [2.05, 4.69) is 5.32 Å². The molecule has 1 heterocycles. The number of nitrogens with one attached hydrogen (secondary N) is 1. The molecule has 132 valence electrons. The van der Waals surface area contributed by atoms with Crippen molar-refractivity contribution in [2.45, 2.75) is 18.9 Å². The van der Waals surface area contributed by atoms with Gasteiger partial charge >= 0.3 is 6.03 Å². The van der Waals surface area contributed by atoms with E-state index < -0.39 is 0 Å². The van der Waals surface area contributed by atoms with Gasteiger partial charge in [-0.3, -0.25) is 0 Å². The van der Waals surface area contributed by atoms with Gasteiger partial charge in [-0.05, 0) is 55.3 Å². The Morgan fingerprint density at radius 1 is 1.16 bits per heavy atom. The molecule has 5 nitrogen and oxygen atoms in total. The lowest BCUT2D eigenvalue weighted by Gasteiger charge is -2.27. The van der Waals surface area contributed by atoms with Gasteiger partial charge in [0.15, 0.2) is 0 Å². The van der Waals surface area contributed by atoms with Crippen molar-refractivity contribution < 1.29 is 18.7 Å². The molecular weight excluding hydrogens is 323 g/mol. The largest absolute Gasteiger partial charge is 0.497 e. The van der Waals surface area contributed by atoms with Crippen LogP contribution < -0.4 is 14.8 Å². The second-order valence-corrected chi connectivity index (χ2v) is 5.90. The highest BCUT2D eigenvalue weighted by Crippen LogP contribution is 2.39. The standard InChI is InChI=1S/C19H21FN2O3/c1-24-15-9-10-18(25-2)16(12-15)17-4-3-11-22(17)19(23)21-14-7-5-13(20)6-8-14/h5-10,12,17H,3-4,11H2,1-2H3,(H,21,23). The number of halogens is 1. The second-order valence-electron chi connectivity index (χ2n) is 5.90. The van der Waals surface area contributed by atoms with Crippen molar-refractivity contribution in [3.63, 3.8) is 0 Å². The fourth-order valence-corrected chi connectivity index (χ4v) is 3.16. The summed E-state index contributed by atoms with van der Waals surface area (Å²) >= 11 is 0. The topological polar surface area (TPSA) is 50.8 Å². The summed E-state index contributed by atoms with van der Waals surface area (Å²) in [6.45, 7) is 0.651. The van der Waals surface area contributed by atoms with Crippen molar-refractivity contribution in [2.75, 3.05) is 26.1 Å². The van der Waals surface area contributed by atoms with E-state index in [1.165, 1.54) is 12.1 Å². The van der Waals surface area contributed by atoms with Crippen molar-refractivity contribution >= 4 is 11.7 Å². The van der Waals surface area contributed by atoms with Crippen LogP contribution in [0.25, 0.3) is 0 Å². The van der Waals surface area contributed by atoms with Gasteiger partial charge in [-0.2, -0.15) is 0 Å². The summed E-state index contributed by atoms with van der Waals surface area (Å²) < 4.78 is 23.8. The highest BCUT2D eigenvalue weighted by Gasteiger charge is 2.32. The summed E-state index contributed by atoms with van der Waals surface area (Å²) in [6, 6.07) is 11.0. The molecule has 1 atom stereocenters. The van der Waals surface area contributed by atoms with E-state index in [0.717, 1.165) is 29.9 Å². The average molecular weight is 344 g/mol. The van der Waals surface area contributed by atoms with Crippen LogP contribution in [0, 0.1) is 5.82 Å². The number of rotatable bonds is 4. The van der Waals surface area contributed by atoms with Gasteiger partial charge in [0, 0.05) is 17.8 Å². The summed E-state index contributed by atoms with van der Waals surface area (Å²) in [4.78, 5) is 14.5. The van der Waals surface area contributed by atoms with Crippen LogP contribution in [0.2, 0.25) is 0 Å². The van der Waals surface area contributed by atoms with Crippen LogP contribution >= 0.6 is 0 Å². The Kier molecular flexibility index (Phi) is 5.07. The third-order valence-corrected chi connectivity index (χ3v) is 4.41. The van der Waals surface area contributed by atoms with E-state index in [1.807, 2.05) is 18.2 Å². The highest BCUT2D eigenvalue weighted by molar-refractivity contribution is 5.89. The summed E-state index contributed by atoms with van der Waals surface area (Å²) in [5, 5.41) is 2.83. The van der Waals surface area contributed by atoms with Crippen LogP contribution in [0.3, 0.4) is 0 Å².